The van der Waals surface area contributed by atoms with Gasteiger partial charge in [-0.05, 0) is 29.2 Å². The van der Waals surface area contributed by atoms with E-state index in [4.69, 9.17) is 0 Å². The molecule has 0 amide bonds. The molecule has 0 aliphatic carbocycles. The Kier molecular flexibility index (Phi) is 8.27. The topological polar surface area (TPSA) is 17.1 Å². The zero-order valence-electron chi connectivity index (χ0n) is 13.7. The summed E-state index contributed by atoms with van der Waals surface area (Å²) in [5.41, 5.74) is 2.30. The van der Waals surface area contributed by atoms with Crippen LogP contribution in [0.25, 0.3) is 0 Å². The van der Waals surface area contributed by atoms with Crippen molar-refractivity contribution in [1.82, 2.24) is 0 Å². The monoisotopic (exact) mass is 364 g/mol. The lowest BCUT2D eigenvalue weighted by Gasteiger charge is -2.08. The highest BCUT2D eigenvalue weighted by Crippen LogP contribution is 2.33. The van der Waals surface area contributed by atoms with Gasteiger partial charge in [0.1, 0.15) is 0 Å². The summed E-state index contributed by atoms with van der Waals surface area (Å²) in [6.45, 7) is 4.52. The van der Waals surface area contributed by atoms with E-state index >= 15 is 0 Å². The van der Waals surface area contributed by atoms with Gasteiger partial charge >= 0.3 is 0 Å². The van der Waals surface area contributed by atoms with Gasteiger partial charge in [0.25, 0.3) is 0 Å². The van der Waals surface area contributed by atoms with Gasteiger partial charge in [0.15, 0.2) is 0 Å². The van der Waals surface area contributed by atoms with Crippen molar-refractivity contribution in [2.45, 2.75) is 36.7 Å². The predicted octanol–water partition coefficient (Wildman–Crippen LogP) is 5.92. The lowest BCUT2D eigenvalue weighted by molar-refractivity contribution is 0.638. The maximum Gasteiger partial charge on any atom is 0.0489 e. The molecule has 0 aliphatic heterocycles. The SMILES string of the molecule is CCC(C)CSSc1cccc(CS(=O)Cc2ccccc2)c1. The first kappa shape index (κ1) is 18.6. The molecule has 2 aromatic rings. The van der Waals surface area contributed by atoms with E-state index in [0.717, 1.165) is 17.0 Å². The third-order valence-electron chi connectivity index (χ3n) is 3.60. The lowest BCUT2D eigenvalue weighted by atomic mass is 10.2. The van der Waals surface area contributed by atoms with Gasteiger partial charge < -0.3 is 0 Å². The summed E-state index contributed by atoms with van der Waals surface area (Å²) in [5.74, 6) is 3.18. The molecular formula is C19H24OS3. The van der Waals surface area contributed by atoms with Crippen LogP contribution in [0.15, 0.2) is 59.5 Å². The highest BCUT2D eigenvalue weighted by molar-refractivity contribution is 8.76. The molecule has 124 valence electrons. The second kappa shape index (κ2) is 10.2. The zero-order valence-corrected chi connectivity index (χ0v) is 16.2. The highest BCUT2D eigenvalue weighted by atomic mass is 33.1. The van der Waals surface area contributed by atoms with Crippen molar-refractivity contribution in [3.63, 3.8) is 0 Å². The van der Waals surface area contributed by atoms with Crippen molar-refractivity contribution < 1.29 is 4.21 Å². The first-order chi connectivity index (χ1) is 11.2. The van der Waals surface area contributed by atoms with Crippen LogP contribution in [0.3, 0.4) is 0 Å². The zero-order chi connectivity index (χ0) is 16.5. The minimum atomic E-state index is -0.861. The molecule has 1 nitrogen and oxygen atoms in total. The minimum absolute atomic E-state index is 0.624. The summed E-state index contributed by atoms with van der Waals surface area (Å²) in [7, 11) is 2.88. The van der Waals surface area contributed by atoms with Crippen LogP contribution in [0, 0.1) is 5.92 Å². The van der Waals surface area contributed by atoms with Gasteiger partial charge in [-0.1, -0.05) is 84.3 Å². The van der Waals surface area contributed by atoms with Crippen molar-refractivity contribution in [3.05, 3.63) is 65.7 Å². The summed E-state index contributed by atoms with van der Waals surface area (Å²) in [6, 6.07) is 18.5. The standard InChI is InChI=1S/C19H24OS3/c1-3-16(2)13-21-22-19-11-7-10-18(12-19)15-23(20)14-17-8-5-4-6-9-17/h4-12,16H,3,13-15H2,1-2H3. The molecule has 0 radical (unpaired) electrons. The van der Waals surface area contributed by atoms with Gasteiger partial charge in [-0.25, -0.2) is 0 Å². The van der Waals surface area contributed by atoms with E-state index in [1.165, 1.54) is 17.1 Å². The average molecular weight is 365 g/mol. The molecular weight excluding hydrogens is 340 g/mol. The average Bonchev–Trinajstić information content (AvgIpc) is 2.56. The van der Waals surface area contributed by atoms with Crippen molar-refractivity contribution in [1.29, 1.82) is 0 Å². The van der Waals surface area contributed by atoms with Gasteiger partial charge in [-0.15, -0.1) is 0 Å². The molecule has 0 spiro atoms. The van der Waals surface area contributed by atoms with Crippen LogP contribution in [-0.2, 0) is 22.3 Å². The fourth-order valence-electron chi connectivity index (χ4n) is 2.02. The van der Waals surface area contributed by atoms with Crippen molar-refractivity contribution in [3.8, 4) is 0 Å². The quantitative estimate of drug-likeness (QED) is 0.514. The van der Waals surface area contributed by atoms with E-state index in [2.05, 4.69) is 38.1 Å². The van der Waals surface area contributed by atoms with E-state index in [-0.39, 0.29) is 0 Å². The van der Waals surface area contributed by atoms with Crippen LogP contribution in [0.4, 0.5) is 0 Å². The molecule has 0 saturated carbocycles. The van der Waals surface area contributed by atoms with Crippen molar-refractivity contribution in [2.75, 3.05) is 5.75 Å². The summed E-state index contributed by atoms with van der Waals surface area (Å²) < 4.78 is 12.3. The Bertz CT molecular complexity index is 613. The minimum Gasteiger partial charge on any atom is -0.259 e. The summed E-state index contributed by atoms with van der Waals surface area (Å²) in [6.07, 6.45) is 1.23. The first-order valence-electron chi connectivity index (χ1n) is 7.94. The molecule has 0 bridgehead atoms. The van der Waals surface area contributed by atoms with Gasteiger partial charge in [0, 0.05) is 33.0 Å². The maximum atomic E-state index is 12.3. The Balaban J connectivity index is 1.85. The Hall–Kier alpha value is -0.710. The Labute approximate surface area is 150 Å². The normalized spacial score (nSPS) is 13.7. The lowest BCUT2D eigenvalue weighted by Crippen LogP contribution is -1.99. The van der Waals surface area contributed by atoms with E-state index in [1.54, 1.807) is 0 Å². The summed E-state index contributed by atoms with van der Waals surface area (Å²) in [5, 5.41) is 0. The Morgan fingerprint density at radius 3 is 2.43 bits per heavy atom. The number of rotatable bonds is 9. The smallest absolute Gasteiger partial charge is 0.0489 e. The highest BCUT2D eigenvalue weighted by Gasteiger charge is 2.05. The number of hydrogen-bond acceptors (Lipinski definition) is 3. The fraction of sp³-hybridized carbons (Fsp3) is 0.368. The Morgan fingerprint density at radius 1 is 1.00 bits per heavy atom. The number of hydrogen-bond donors (Lipinski definition) is 0. The van der Waals surface area contributed by atoms with E-state index < -0.39 is 10.8 Å². The summed E-state index contributed by atoms with van der Waals surface area (Å²) in [4.78, 5) is 1.26. The molecule has 2 aromatic carbocycles. The fourth-order valence-corrected chi connectivity index (χ4v) is 5.86. The van der Waals surface area contributed by atoms with E-state index in [1.807, 2.05) is 51.9 Å². The van der Waals surface area contributed by atoms with E-state index in [9.17, 15) is 4.21 Å². The van der Waals surface area contributed by atoms with E-state index in [0.29, 0.717) is 11.5 Å². The largest absolute Gasteiger partial charge is 0.259 e. The second-order valence-electron chi connectivity index (χ2n) is 5.74. The van der Waals surface area contributed by atoms with Gasteiger partial charge in [0.05, 0.1) is 0 Å². The van der Waals surface area contributed by atoms with Crippen LogP contribution in [0.5, 0.6) is 0 Å². The van der Waals surface area contributed by atoms with Crippen LogP contribution < -0.4 is 0 Å². The van der Waals surface area contributed by atoms with Gasteiger partial charge in [0.2, 0.25) is 0 Å². The van der Waals surface area contributed by atoms with Gasteiger partial charge in [-0.2, -0.15) is 0 Å². The van der Waals surface area contributed by atoms with Crippen molar-refractivity contribution >= 4 is 32.4 Å². The number of benzene rings is 2. The molecule has 0 aromatic heterocycles. The maximum absolute atomic E-state index is 12.3. The molecule has 0 N–H and O–H groups in total. The third-order valence-corrected chi connectivity index (χ3v) is 7.52. The predicted molar refractivity (Wildman–Crippen MR) is 106 cm³/mol. The van der Waals surface area contributed by atoms with Crippen molar-refractivity contribution in [2.24, 2.45) is 5.92 Å². The summed E-state index contributed by atoms with van der Waals surface area (Å²) >= 11 is 0. The molecule has 4 heteroatoms. The van der Waals surface area contributed by atoms with Crippen LogP contribution in [-0.4, -0.2) is 9.96 Å². The van der Waals surface area contributed by atoms with Crippen LogP contribution in [0.2, 0.25) is 0 Å². The third kappa shape index (κ3) is 7.15. The van der Waals surface area contributed by atoms with Crippen LogP contribution in [0.1, 0.15) is 31.4 Å². The molecule has 2 unspecified atom stereocenters. The molecule has 23 heavy (non-hydrogen) atoms. The van der Waals surface area contributed by atoms with Crippen LogP contribution >= 0.6 is 21.6 Å². The molecule has 2 atom stereocenters. The first-order valence-corrected chi connectivity index (χ1v) is 11.8. The second-order valence-corrected chi connectivity index (χ2v) is 9.61. The molecule has 0 aliphatic rings. The molecule has 0 fully saturated rings. The molecule has 0 saturated heterocycles. The molecule has 2 rings (SSSR count). The van der Waals surface area contributed by atoms with Gasteiger partial charge in [-0.3, -0.25) is 4.21 Å². The Morgan fingerprint density at radius 2 is 1.70 bits per heavy atom. The molecule has 0 heterocycles.